The van der Waals surface area contributed by atoms with Crippen LogP contribution in [0.25, 0.3) is 0 Å². The fourth-order valence-electron chi connectivity index (χ4n) is 7.38. The third-order valence-electron chi connectivity index (χ3n) is 11.8. The van der Waals surface area contributed by atoms with Gasteiger partial charge in [0, 0.05) is 119 Å². The van der Waals surface area contributed by atoms with Gasteiger partial charge in [0.25, 0.3) is 11.8 Å². The van der Waals surface area contributed by atoms with Gasteiger partial charge in [0.15, 0.2) is 11.5 Å². The molecule has 21 nitrogen and oxygen atoms in total. The van der Waals surface area contributed by atoms with Crippen LogP contribution in [0.2, 0.25) is 0 Å². The molecule has 0 radical (unpaired) electrons. The second-order valence-electron chi connectivity index (χ2n) is 16.3. The lowest BCUT2D eigenvalue weighted by atomic mass is 9.83. The molecule has 2 aromatic rings. The van der Waals surface area contributed by atoms with Crippen LogP contribution >= 0.6 is 0 Å². The van der Waals surface area contributed by atoms with Crippen LogP contribution in [-0.2, 0) is 60.7 Å². The highest BCUT2D eigenvalue weighted by Gasteiger charge is 2.34. The van der Waals surface area contributed by atoms with Gasteiger partial charge in [-0.15, -0.1) is 0 Å². The Kier molecular flexibility index (Phi) is 17.4. The number of rotatable bonds is 22. The zero-order valence-electron chi connectivity index (χ0n) is 38.1. The average molecular weight is 918 g/mol. The molecular weight excluding hydrogens is 859 g/mol. The van der Waals surface area contributed by atoms with E-state index >= 15 is 0 Å². The summed E-state index contributed by atoms with van der Waals surface area (Å²) in [6.07, 6.45) is 2.19. The number of aliphatic hydroxyl groups excluding tert-OH is 1. The number of hydrogen-bond acceptors (Lipinski definition) is 13. The molecule has 0 saturated carbocycles. The lowest BCUT2D eigenvalue weighted by Gasteiger charge is -2.35. The predicted octanol–water partition coefficient (Wildman–Crippen LogP) is 0.353. The van der Waals surface area contributed by atoms with Gasteiger partial charge in [-0.1, -0.05) is 6.58 Å². The molecule has 8 N–H and O–H groups in total. The molecule has 7 amide bonds. The summed E-state index contributed by atoms with van der Waals surface area (Å²) in [7, 11) is 4.93. The number of carbonyl (C=O) groups excluding carboxylic acids is 7. The molecule has 356 valence electrons. The largest absolute Gasteiger partial charge is 0.505 e. The van der Waals surface area contributed by atoms with Crippen LogP contribution in [-0.4, -0.2) is 108 Å². The van der Waals surface area contributed by atoms with Gasteiger partial charge in [0.2, 0.25) is 40.4 Å². The van der Waals surface area contributed by atoms with E-state index in [4.69, 9.17) is 0 Å². The second-order valence-corrected chi connectivity index (χ2v) is 16.3. The number of imide groups is 1. The smallest absolute Gasteiger partial charge is 0.253 e. The van der Waals surface area contributed by atoms with Crippen LogP contribution < -0.4 is 37.4 Å². The summed E-state index contributed by atoms with van der Waals surface area (Å²) in [5, 5.41) is 45.2. The van der Waals surface area contributed by atoms with Gasteiger partial charge >= 0.3 is 0 Å². The molecule has 0 aliphatic carbocycles. The number of pyridine rings is 2. The number of aryl methyl sites for hydroxylation is 2. The molecule has 0 spiro atoms. The van der Waals surface area contributed by atoms with E-state index in [-0.39, 0.29) is 101 Å². The van der Waals surface area contributed by atoms with Crippen LogP contribution in [0.5, 0.6) is 11.5 Å². The normalized spacial score (nSPS) is 13.8. The van der Waals surface area contributed by atoms with Crippen molar-refractivity contribution < 1.29 is 48.9 Å². The average Bonchev–Trinajstić information content (AvgIpc) is 3.59. The van der Waals surface area contributed by atoms with Crippen molar-refractivity contribution in [3.8, 4) is 11.5 Å². The van der Waals surface area contributed by atoms with Crippen molar-refractivity contribution in [2.45, 2.75) is 90.8 Å². The van der Waals surface area contributed by atoms with Crippen molar-refractivity contribution in [1.29, 1.82) is 0 Å². The molecule has 4 rings (SSSR count). The van der Waals surface area contributed by atoms with E-state index in [2.05, 4.69) is 33.2 Å². The number of nitrogens with zero attached hydrogens (tertiary/aromatic N) is 4. The number of aliphatic hydroxyl groups is 1. The first-order chi connectivity index (χ1) is 31.0. The summed E-state index contributed by atoms with van der Waals surface area (Å²) < 4.78 is 3.09. The van der Waals surface area contributed by atoms with E-state index in [1.54, 1.807) is 62.0 Å². The molecule has 2 aliphatic heterocycles. The molecule has 0 atom stereocenters. The Bertz CT molecular complexity index is 2410. The number of likely N-dealkylation sites (N-methyl/N-ethyl adjacent to an activating group) is 1. The van der Waals surface area contributed by atoms with E-state index in [9.17, 15) is 58.5 Å². The van der Waals surface area contributed by atoms with Crippen LogP contribution in [0.15, 0.2) is 69.3 Å². The highest BCUT2D eigenvalue weighted by Crippen LogP contribution is 2.28. The number of aromatic nitrogens is 2. The molecule has 66 heavy (non-hydrogen) atoms. The fourth-order valence-corrected chi connectivity index (χ4v) is 7.38. The predicted molar refractivity (Wildman–Crippen MR) is 240 cm³/mol. The van der Waals surface area contributed by atoms with Crippen LogP contribution in [0.1, 0.15) is 81.1 Å². The highest BCUT2D eigenvalue weighted by atomic mass is 16.3. The minimum absolute atomic E-state index is 0.0888. The van der Waals surface area contributed by atoms with Gasteiger partial charge in [-0.3, -0.25) is 48.1 Å². The van der Waals surface area contributed by atoms with Gasteiger partial charge in [-0.25, -0.2) is 0 Å². The third kappa shape index (κ3) is 13.3. The molecule has 4 heterocycles. The number of carbonyl (C=O) groups is 7. The first-order valence-electron chi connectivity index (χ1n) is 21.3. The van der Waals surface area contributed by atoms with Crippen LogP contribution in [0.3, 0.4) is 0 Å². The molecule has 2 aliphatic rings. The second kappa shape index (κ2) is 22.4. The molecule has 0 unspecified atom stereocenters. The van der Waals surface area contributed by atoms with Gasteiger partial charge in [-0.2, -0.15) is 0 Å². The zero-order chi connectivity index (χ0) is 49.0. The van der Waals surface area contributed by atoms with Crippen LogP contribution in [0, 0.1) is 13.8 Å². The van der Waals surface area contributed by atoms with E-state index < -0.39 is 69.2 Å². The van der Waals surface area contributed by atoms with Gasteiger partial charge in [0.1, 0.15) is 5.76 Å². The first-order valence-corrected chi connectivity index (χ1v) is 21.3. The molecule has 0 aromatic carbocycles. The summed E-state index contributed by atoms with van der Waals surface area (Å²) >= 11 is 0. The third-order valence-corrected chi connectivity index (χ3v) is 11.8. The fraction of sp³-hybridized carbons (Fsp3) is 0.444. The van der Waals surface area contributed by atoms with Crippen molar-refractivity contribution in [2.24, 2.45) is 14.1 Å². The van der Waals surface area contributed by atoms with Crippen molar-refractivity contribution >= 4 is 41.4 Å². The van der Waals surface area contributed by atoms with E-state index in [0.717, 1.165) is 22.7 Å². The summed E-state index contributed by atoms with van der Waals surface area (Å²) in [5.74, 6) is -5.07. The summed E-state index contributed by atoms with van der Waals surface area (Å²) in [4.78, 5) is 118. The quantitative estimate of drug-likeness (QED) is 0.0742. The maximum Gasteiger partial charge on any atom is 0.253 e. The van der Waals surface area contributed by atoms with Gasteiger partial charge < -0.3 is 55.9 Å². The van der Waals surface area contributed by atoms with Gasteiger partial charge in [0.05, 0.1) is 36.7 Å². The molecule has 0 saturated heterocycles. The Balaban J connectivity index is 1.56. The number of aromatic hydroxyl groups is 2. The summed E-state index contributed by atoms with van der Waals surface area (Å²) in [5.41, 5.74) is 0.171. The monoisotopic (exact) mass is 917 g/mol. The summed E-state index contributed by atoms with van der Waals surface area (Å²) in [6.45, 7) is 8.06. The van der Waals surface area contributed by atoms with E-state index in [0.29, 0.717) is 22.7 Å². The Hall–Kier alpha value is -7.45. The molecule has 2 aromatic heterocycles. The highest BCUT2D eigenvalue weighted by molar-refractivity contribution is 6.13. The maximum absolute atomic E-state index is 13.7. The summed E-state index contributed by atoms with van der Waals surface area (Å²) in [6, 6.07) is 2.50. The minimum atomic E-state index is -1.44. The van der Waals surface area contributed by atoms with Gasteiger partial charge in [-0.05, 0) is 46.1 Å². The van der Waals surface area contributed by atoms with E-state index in [1.807, 2.05) is 0 Å². The lowest BCUT2D eigenvalue weighted by Crippen LogP contribution is -2.51. The van der Waals surface area contributed by atoms with Crippen molar-refractivity contribution in [3.63, 3.8) is 0 Å². The standard InChI is InChI=1S/C45H59N9O12/c1-26-20-27(2)51(5)30(42(26)64)23-47-35(57)10-15-45(16-11-36(58)48-24-31-43(65)33(55)21-28(3)52(31)6,17-12-37(59)49-25-32-44(66)34(56)22-29(4)53(32)7)50-39(61)13-18-46-38(60)14-19-54-40(62)8-9-41(54)63/h8-9,20-22,64-66H,1,10-19,23-25H2,2-7H3,(H,46,60)(H,47,57)(H,48,58)(H,49,59)(H,50,61). The topological polar surface area (TPSA) is 291 Å². The van der Waals surface area contributed by atoms with Crippen molar-refractivity contribution in [2.75, 3.05) is 26.7 Å². The lowest BCUT2D eigenvalue weighted by molar-refractivity contribution is -0.137. The first kappa shape index (κ1) is 51.2. The van der Waals surface area contributed by atoms with E-state index in [1.165, 1.54) is 12.1 Å². The number of amides is 7. The Morgan fingerprint density at radius 3 is 1.53 bits per heavy atom. The van der Waals surface area contributed by atoms with Crippen molar-refractivity contribution in [3.05, 3.63) is 103 Å². The molecule has 0 bridgehead atoms. The minimum Gasteiger partial charge on any atom is -0.505 e. The number of allylic oxidation sites excluding steroid dienone is 2. The Labute approximate surface area is 380 Å². The number of nitrogens with one attached hydrogen (secondary N) is 5. The molecule has 21 heteroatoms. The Morgan fingerprint density at radius 2 is 1.06 bits per heavy atom. The van der Waals surface area contributed by atoms with Crippen LogP contribution in [0.4, 0.5) is 0 Å². The molecule has 0 fully saturated rings. The van der Waals surface area contributed by atoms with Crippen molar-refractivity contribution in [1.82, 2.24) is 45.5 Å². The SMILES string of the molecule is C=C1C=C(C)N(C)C(CNC(=O)CCC(CCC(=O)NCc2c(O)c(=O)cc(C)n2C)(CCC(=O)NCc2c(O)c(=O)cc(C)n2C)NC(=O)CCNC(=O)CCN2C(=O)C=CC2=O)=C1O. The zero-order valence-corrected chi connectivity index (χ0v) is 38.1. The maximum atomic E-state index is 13.7. The molecular formula is C45H59N9O12. The Morgan fingerprint density at radius 1 is 0.621 bits per heavy atom. The number of hydrogen-bond donors (Lipinski definition) is 8.